The second-order valence-electron chi connectivity index (χ2n) is 4.40. The fourth-order valence-corrected chi connectivity index (χ4v) is 1.43. The van der Waals surface area contributed by atoms with Crippen molar-refractivity contribution in [3.8, 4) is 0 Å². The first-order chi connectivity index (χ1) is 5.91. The van der Waals surface area contributed by atoms with Crippen molar-refractivity contribution in [2.75, 3.05) is 0 Å². The summed E-state index contributed by atoms with van der Waals surface area (Å²) in [4.78, 5) is 0. The third kappa shape index (κ3) is 2.82. The highest BCUT2D eigenvalue weighted by atomic mass is 79.9. The summed E-state index contributed by atoms with van der Waals surface area (Å²) in [7, 11) is 0. The van der Waals surface area contributed by atoms with E-state index in [2.05, 4.69) is 48.8 Å². The van der Waals surface area contributed by atoms with Gasteiger partial charge in [-0.2, -0.15) is 0 Å². The second kappa shape index (κ2) is 3.81. The van der Waals surface area contributed by atoms with E-state index in [0.29, 0.717) is 0 Å². The molecule has 0 fully saturated rings. The van der Waals surface area contributed by atoms with Crippen LogP contribution in [-0.2, 0) is 0 Å². The van der Waals surface area contributed by atoms with E-state index in [1.807, 2.05) is 12.1 Å². The van der Waals surface area contributed by atoms with E-state index >= 15 is 0 Å². The van der Waals surface area contributed by atoms with Crippen molar-refractivity contribution < 1.29 is 0 Å². The van der Waals surface area contributed by atoms with Crippen LogP contribution < -0.4 is 5.73 Å². The molecule has 1 atom stereocenters. The first-order valence-corrected chi connectivity index (χ1v) is 5.21. The van der Waals surface area contributed by atoms with Crippen molar-refractivity contribution in [3.63, 3.8) is 0 Å². The molecule has 13 heavy (non-hydrogen) atoms. The Hall–Kier alpha value is -0.340. The molecule has 0 amide bonds. The molecule has 0 spiro atoms. The average molecular weight is 242 g/mol. The molecule has 0 aliphatic carbocycles. The maximum absolute atomic E-state index is 6.11. The van der Waals surface area contributed by atoms with Gasteiger partial charge in [-0.15, -0.1) is 0 Å². The maximum atomic E-state index is 6.11. The van der Waals surface area contributed by atoms with E-state index in [4.69, 9.17) is 5.73 Å². The van der Waals surface area contributed by atoms with Gasteiger partial charge in [0, 0.05) is 10.5 Å². The molecule has 1 rings (SSSR count). The van der Waals surface area contributed by atoms with Gasteiger partial charge in [-0.1, -0.05) is 48.8 Å². The number of benzene rings is 1. The first kappa shape index (κ1) is 10.7. The van der Waals surface area contributed by atoms with Crippen LogP contribution in [0.25, 0.3) is 0 Å². The van der Waals surface area contributed by atoms with Crippen molar-refractivity contribution in [1.29, 1.82) is 0 Å². The molecule has 0 heterocycles. The number of hydrogen-bond acceptors (Lipinski definition) is 1. The van der Waals surface area contributed by atoms with Crippen LogP contribution >= 0.6 is 15.9 Å². The van der Waals surface area contributed by atoms with Crippen molar-refractivity contribution in [3.05, 3.63) is 34.3 Å². The van der Waals surface area contributed by atoms with E-state index in [1.54, 1.807) is 0 Å². The Kier molecular flexibility index (Phi) is 3.14. The van der Waals surface area contributed by atoms with Crippen LogP contribution in [0.1, 0.15) is 32.4 Å². The van der Waals surface area contributed by atoms with E-state index < -0.39 is 0 Å². The van der Waals surface area contributed by atoms with Crippen LogP contribution in [0.3, 0.4) is 0 Å². The minimum Gasteiger partial charge on any atom is -0.324 e. The minimum atomic E-state index is 0.0978. The Labute approximate surface area is 88.5 Å². The van der Waals surface area contributed by atoms with Gasteiger partial charge in [0.15, 0.2) is 0 Å². The lowest BCUT2D eigenvalue weighted by molar-refractivity contribution is 0.327. The predicted octanol–water partition coefficient (Wildman–Crippen LogP) is 3.50. The molecule has 0 aliphatic rings. The van der Waals surface area contributed by atoms with Gasteiger partial charge in [0.25, 0.3) is 0 Å². The molecule has 2 heteroatoms. The molecule has 0 unspecified atom stereocenters. The quantitative estimate of drug-likeness (QED) is 0.801. The van der Waals surface area contributed by atoms with Crippen LogP contribution in [0.5, 0.6) is 0 Å². The molecular weight excluding hydrogens is 226 g/mol. The Balaban J connectivity index is 2.90. The summed E-state index contributed by atoms with van der Waals surface area (Å²) < 4.78 is 1.09. The third-order valence-corrected chi connectivity index (χ3v) is 2.69. The molecule has 72 valence electrons. The zero-order chi connectivity index (χ0) is 10.1. The number of rotatable bonds is 1. The number of halogens is 1. The average Bonchev–Trinajstić information content (AvgIpc) is 2.03. The minimum absolute atomic E-state index is 0.0978. The Morgan fingerprint density at radius 3 is 2.00 bits per heavy atom. The first-order valence-electron chi connectivity index (χ1n) is 4.42. The van der Waals surface area contributed by atoms with Crippen LogP contribution in [0.2, 0.25) is 0 Å². The molecule has 0 radical (unpaired) electrons. The van der Waals surface area contributed by atoms with E-state index in [9.17, 15) is 0 Å². The van der Waals surface area contributed by atoms with E-state index in [-0.39, 0.29) is 11.5 Å². The lowest BCUT2D eigenvalue weighted by Crippen LogP contribution is -2.26. The molecule has 0 aliphatic heterocycles. The van der Waals surface area contributed by atoms with Gasteiger partial charge in [-0.3, -0.25) is 0 Å². The van der Waals surface area contributed by atoms with Crippen molar-refractivity contribution in [1.82, 2.24) is 0 Å². The van der Waals surface area contributed by atoms with Gasteiger partial charge in [0.1, 0.15) is 0 Å². The fourth-order valence-electron chi connectivity index (χ4n) is 1.17. The summed E-state index contributed by atoms with van der Waals surface area (Å²) in [6.07, 6.45) is 0. The molecule has 0 saturated heterocycles. The van der Waals surface area contributed by atoms with Gasteiger partial charge in [0.05, 0.1) is 0 Å². The smallest absolute Gasteiger partial charge is 0.0344 e. The summed E-state index contributed by atoms with van der Waals surface area (Å²) in [5.74, 6) is 0. The molecule has 0 aromatic heterocycles. The third-order valence-electron chi connectivity index (χ3n) is 2.16. The van der Waals surface area contributed by atoms with Crippen LogP contribution in [-0.4, -0.2) is 0 Å². The highest BCUT2D eigenvalue weighted by Crippen LogP contribution is 2.30. The van der Waals surface area contributed by atoms with Crippen LogP contribution in [0, 0.1) is 5.41 Å². The Morgan fingerprint density at radius 2 is 1.62 bits per heavy atom. The SMILES string of the molecule is CC(C)(C)[C@@H](N)c1ccc(Br)cc1. The van der Waals surface area contributed by atoms with Crippen LogP contribution in [0.15, 0.2) is 28.7 Å². The number of hydrogen-bond donors (Lipinski definition) is 1. The maximum Gasteiger partial charge on any atom is 0.0344 e. The number of nitrogens with two attached hydrogens (primary N) is 1. The topological polar surface area (TPSA) is 26.0 Å². The zero-order valence-electron chi connectivity index (χ0n) is 8.34. The molecule has 0 saturated carbocycles. The molecule has 1 aromatic carbocycles. The van der Waals surface area contributed by atoms with Crippen molar-refractivity contribution >= 4 is 15.9 Å². The summed E-state index contributed by atoms with van der Waals surface area (Å²) in [5.41, 5.74) is 7.42. The lowest BCUT2D eigenvalue weighted by Gasteiger charge is -2.27. The van der Waals surface area contributed by atoms with E-state index in [0.717, 1.165) is 4.47 Å². The predicted molar refractivity (Wildman–Crippen MR) is 60.5 cm³/mol. The summed E-state index contributed by atoms with van der Waals surface area (Å²) in [5, 5.41) is 0. The Morgan fingerprint density at radius 1 is 1.15 bits per heavy atom. The van der Waals surface area contributed by atoms with Gasteiger partial charge in [-0.25, -0.2) is 0 Å². The van der Waals surface area contributed by atoms with E-state index in [1.165, 1.54) is 5.56 Å². The van der Waals surface area contributed by atoms with Gasteiger partial charge < -0.3 is 5.73 Å². The second-order valence-corrected chi connectivity index (χ2v) is 5.31. The zero-order valence-corrected chi connectivity index (χ0v) is 9.93. The van der Waals surface area contributed by atoms with Crippen molar-refractivity contribution in [2.24, 2.45) is 11.1 Å². The highest BCUT2D eigenvalue weighted by Gasteiger charge is 2.21. The largest absolute Gasteiger partial charge is 0.324 e. The molecule has 0 bridgehead atoms. The molecule has 1 nitrogen and oxygen atoms in total. The summed E-state index contributed by atoms with van der Waals surface area (Å²) in [6.45, 7) is 6.46. The highest BCUT2D eigenvalue weighted by molar-refractivity contribution is 9.10. The van der Waals surface area contributed by atoms with Crippen molar-refractivity contribution in [2.45, 2.75) is 26.8 Å². The van der Waals surface area contributed by atoms with Gasteiger partial charge in [-0.05, 0) is 23.1 Å². The van der Waals surface area contributed by atoms with Gasteiger partial charge >= 0.3 is 0 Å². The molecule has 2 N–H and O–H groups in total. The lowest BCUT2D eigenvalue weighted by atomic mass is 9.83. The Bertz CT molecular complexity index is 271. The standard InChI is InChI=1S/C11H16BrN/c1-11(2,3)10(13)8-4-6-9(12)7-5-8/h4-7,10H,13H2,1-3H3/t10-/m0/s1. The molecule has 1 aromatic rings. The van der Waals surface area contributed by atoms with Crippen LogP contribution in [0.4, 0.5) is 0 Å². The molecular formula is C11H16BrN. The normalized spacial score (nSPS) is 14.2. The van der Waals surface area contributed by atoms with Gasteiger partial charge in [0.2, 0.25) is 0 Å². The monoisotopic (exact) mass is 241 g/mol. The fraction of sp³-hybridized carbons (Fsp3) is 0.455. The summed E-state index contributed by atoms with van der Waals surface area (Å²) in [6, 6.07) is 8.29. The summed E-state index contributed by atoms with van der Waals surface area (Å²) >= 11 is 3.40.